The third-order valence-electron chi connectivity index (χ3n) is 4.45. The van der Waals surface area contributed by atoms with Crippen molar-refractivity contribution < 1.29 is 9.21 Å². The Kier molecular flexibility index (Phi) is 5.05. The number of aromatic amines is 1. The zero-order valence-electron chi connectivity index (χ0n) is 14.2. The molecule has 0 bridgehead atoms. The maximum Gasteiger partial charge on any atom is 0.317 e. The second-order valence-electron chi connectivity index (χ2n) is 6.15. The Hall–Kier alpha value is -2.55. The first-order valence-corrected chi connectivity index (χ1v) is 9.64. The van der Waals surface area contributed by atoms with E-state index < -0.39 is 0 Å². The van der Waals surface area contributed by atoms with E-state index in [1.54, 1.807) is 0 Å². The summed E-state index contributed by atoms with van der Waals surface area (Å²) < 4.78 is 5.87. The number of thioether (sulfide) groups is 1. The fourth-order valence-electron chi connectivity index (χ4n) is 3.08. The average Bonchev–Trinajstić information content (AvgIpc) is 3.34. The number of nitrogens with one attached hydrogen (secondary N) is 2. The third kappa shape index (κ3) is 3.82. The summed E-state index contributed by atoms with van der Waals surface area (Å²) in [5.41, 5.74) is 1.72. The molecule has 1 aromatic carbocycles. The zero-order valence-corrected chi connectivity index (χ0v) is 15.0. The lowest BCUT2D eigenvalue weighted by Crippen LogP contribution is -2.44. The number of carbonyl (C=O) groups is 1. The lowest BCUT2D eigenvalue weighted by atomic mass is 9.97. The summed E-state index contributed by atoms with van der Waals surface area (Å²) >= 11 is 1.53. The molecule has 26 heavy (non-hydrogen) atoms. The van der Waals surface area contributed by atoms with E-state index in [9.17, 15) is 4.79 Å². The van der Waals surface area contributed by atoms with Crippen molar-refractivity contribution in [2.24, 2.45) is 0 Å². The second-order valence-corrected chi connectivity index (χ2v) is 7.24. The van der Waals surface area contributed by atoms with Gasteiger partial charge in [-0.2, -0.15) is 5.10 Å². The molecule has 0 saturated carbocycles. The normalized spacial score (nSPS) is 15.5. The van der Waals surface area contributed by atoms with E-state index in [0.29, 0.717) is 19.6 Å². The van der Waals surface area contributed by atoms with Gasteiger partial charge in [-0.1, -0.05) is 23.9 Å². The summed E-state index contributed by atoms with van der Waals surface area (Å²) in [6.45, 7) is 2.02. The highest BCUT2D eigenvalue weighted by atomic mass is 32.2. The van der Waals surface area contributed by atoms with E-state index in [2.05, 4.69) is 25.5 Å². The lowest BCUT2D eigenvalue weighted by Gasteiger charge is -2.30. The van der Waals surface area contributed by atoms with E-state index in [1.807, 2.05) is 29.2 Å². The van der Waals surface area contributed by atoms with Gasteiger partial charge in [0.2, 0.25) is 0 Å². The first-order chi connectivity index (χ1) is 12.8. The van der Waals surface area contributed by atoms with Gasteiger partial charge in [0.1, 0.15) is 11.8 Å². The molecule has 1 saturated heterocycles. The number of rotatable bonds is 5. The molecule has 9 heteroatoms. The minimum Gasteiger partial charge on any atom is -0.440 e. The number of benzene rings is 1. The summed E-state index contributed by atoms with van der Waals surface area (Å²) in [5, 5.41) is 10.3. The Balaban J connectivity index is 1.23. The smallest absolute Gasteiger partial charge is 0.317 e. The Labute approximate surface area is 154 Å². The van der Waals surface area contributed by atoms with Crippen LogP contribution in [0, 0.1) is 0 Å². The van der Waals surface area contributed by atoms with Gasteiger partial charge in [0.25, 0.3) is 0 Å². The second kappa shape index (κ2) is 7.77. The van der Waals surface area contributed by atoms with Gasteiger partial charge in [-0.05, 0) is 25.0 Å². The van der Waals surface area contributed by atoms with Crippen molar-refractivity contribution in [3.05, 3.63) is 36.5 Å². The topological polar surface area (TPSA) is 99.9 Å². The molecule has 4 rings (SSSR count). The van der Waals surface area contributed by atoms with Crippen molar-refractivity contribution in [1.82, 2.24) is 30.4 Å². The monoisotopic (exact) mass is 372 g/mol. The van der Waals surface area contributed by atoms with E-state index >= 15 is 0 Å². The molecule has 2 aromatic heterocycles. The molecule has 1 aliphatic heterocycles. The molecular weight excluding hydrogens is 352 g/mol. The number of urea groups is 1. The molecule has 8 nitrogen and oxygen atoms in total. The van der Waals surface area contributed by atoms with Crippen LogP contribution in [-0.4, -0.2) is 56.5 Å². The molecule has 3 aromatic rings. The Morgan fingerprint density at radius 3 is 2.96 bits per heavy atom. The minimum atomic E-state index is -0.0146. The predicted molar refractivity (Wildman–Crippen MR) is 98.1 cm³/mol. The zero-order chi connectivity index (χ0) is 17.8. The van der Waals surface area contributed by atoms with Crippen LogP contribution in [0.2, 0.25) is 0 Å². The third-order valence-corrected chi connectivity index (χ3v) is 5.33. The van der Waals surface area contributed by atoms with Crippen molar-refractivity contribution >= 4 is 28.9 Å². The van der Waals surface area contributed by atoms with Gasteiger partial charge in [0, 0.05) is 31.3 Å². The number of hydrogen-bond acceptors (Lipinski definition) is 6. The van der Waals surface area contributed by atoms with E-state index in [4.69, 9.17) is 4.42 Å². The van der Waals surface area contributed by atoms with Crippen molar-refractivity contribution in [1.29, 1.82) is 0 Å². The van der Waals surface area contributed by atoms with Gasteiger partial charge in [-0.3, -0.25) is 5.10 Å². The minimum absolute atomic E-state index is 0.0146. The first-order valence-electron chi connectivity index (χ1n) is 8.66. The van der Waals surface area contributed by atoms with Gasteiger partial charge in [0.15, 0.2) is 16.6 Å². The van der Waals surface area contributed by atoms with E-state index in [0.717, 1.165) is 40.7 Å². The maximum atomic E-state index is 12.3. The fourth-order valence-corrected chi connectivity index (χ4v) is 3.71. The number of fused-ring (bicyclic) bond motifs is 1. The van der Waals surface area contributed by atoms with Crippen LogP contribution in [0.1, 0.15) is 24.7 Å². The molecule has 0 spiro atoms. The van der Waals surface area contributed by atoms with Crippen molar-refractivity contribution in [3.8, 4) is 0 Å². The van der Waals surface area contributed by atoms with Crippen molar-refractivity contribution in [2.45, 2.75) is 23.9 Å². The molecule has 0 radical (unpaired) electrons. The first kappa shape index (κ1) is 16.9. The highest BCUT2D eigenvalue weighted by Gasteiger charge is 2.26. The SMILES string of the molecule is O=C(NCCSc1ncn[nH]1)N1CCC(c2nc3ccccc3o2)CC1. The van der Waals surface area contributed by atoms with Gasteiger partial charge < -0.3 is 14.6 Å². The Bertz CT molecular complexity index is 824. The molecule has 0 aliphatic carbocycles. The molecule has 0 unspecified atom stereocenters. The van der Waals surface area contributed by atoms with Crippen molar-refractivity contribution in [3.63, 3.8) is 0 Å². The van der Waals surface area contributed by atoms with Gasteiger partial charge in [0.05, 0.1) is 0 Å². The summed E-state index contributed by atoms with van der Waals surface area (Å²) in [5.74, 6) is 1.81. The summed E-state index contributed by atoms with van der Waals surface area (Å²) in [7, 11) is 0. The number of oxazole rings is 1. The van der Waals surface area contributed by atoms with E-state index in [1.165, 1.54) is 18.1 Å². The summed E-state index contributed by atoms with van der Waals surface area (Å²) in [6, 6.07) is 7.79. The van der Waals surface area contributed by atoms with Crippen LogP contribution < -0.4 is 5.32 Å². The number of amides is 2. The molecular formula is C17H20N6O2S. The van der Waals surface area contributed by atoms with Crippen LogP contribution in [-0.2, 0) is 0 Å². The molecule has 0 atom stereocenters. The van der Waals surface area contributed by atoms with Crippen LogP contribution in [0.4, 0.5) is 4.79 Å². The number of H-pyrrole nitrogens is 1. The standard InChI is InChI=1S/C17H20N6O2S/c24-17(18-7-10-26-16-19-11-20-22-16)23-8-5-12(6-9-23)15-21-13-3-1-2-4-14(13)25-15/h1-4,11-12H,5-10H2,(H,18,24)(H,19,20,22). The number of likely N-dealkylation sites (tertiary alicyclic amines) is 1. The number of para-hydroxylation sites is 2. The summed E-state index contributed by atoms with van der Waals surface area (Å²) in [4.78, 5) is 22.8. The highest BCUT2D eigenvalue weighted by molar-refractivity contribution is 7.99. The number of nitrogens with zero attached hydrogens (tertiary/aromatic N) is 4. The Morgan fingerprint density at radius 1 is 1.35 bits per heavy atom. The van der Waals surface area contributed by atoms with E-state index in [-0.39, 0.29) is 11.9 Å². The maximum absolute atomic E-state index is 12.3. The van der Waals surface area contributed by atoms with Gasteiger partial charge >= 0.3 is 6.03 Å². The quantitative estimate of drug-likeness (QED) is 0.527. The summed E-state index contributed by atoms with van der Waals surface area (Å²) in [6.07, 6.45) is 3.21. The predicted octanol–water partition coefficient (Wildman–Crippen LogP) is 2.63. The number of hydrogen-bond donors (Lipinski definition) is 2. The molecule has 1 aliphatic rings. The van der Waals surface area contributed by atoms with Crippen LogP contribution in [0.5, 0.6) is 0 Å². The average molecular weight is 372 g/mol. The van der Waals surface area contributed by atoms with Crippen LogP contribution in [0.25, 0.3) is 11.1 Å². The fraction of sp³-hybridized carbons (Fsp3) is 0.412. The molecule has 2 amide bonds. The van der Waals surface area contributed by atoms with Crippen LogP contribution in [0.3, 0.4) is 0 Å². The van der Waals surface area contributed by atoms with Crippen molar-refractivity contribution in [2.75, 3.05) is 25.4 Å². The molecule has 136 valence electrons. The largest absolute Gasteiger partial charge is 0.440 e. The number of piperidine rings is 1. The van der Waals surface area contributed by atoms with Crippen LogP contribution in [0.15, 0.2) is 40.2 Å². The van der Waals surface area contributed by atoms with Gasteiger partial charge in [-0.25, -0.2) is 14.8 Å². The lowest BCUT2D eigenvalue weighted by molar-refractivity contribution is 0.178. The number of carbonyl (C=O) groups excluding carboxylic acids is 1. The number of aromatic nitrogens is 4. The Morgan fingerprint density at radius 2 is 2.19 bits per heavy atom. The molecule has 2 N–H and O–H groups in total. The highest BCUT2D eigenvalue weighted by Crippen LogP contribution is 2.29. The van der Waals surface area contributed by atoms with Gasteiger partial charge in [-0.15, -0.1) is 0 Å². The molecule has 3 heterocycles. The van der Waals surface area contributed by atoms with Crippen LogP contribution >= 0.6 is 11.8 Å². The molecule has 1 fully saturated rings.